The molecule has 0 unspecified atom stereocenters. The molecule has 1 aromatic heterocycles. The summed E-state index contributed by atoms with van der Waals surface area (Å²) in [6.45, 7) is 2.71. The number of benzene rings is 1. The maximum absolute atomic E-state index is 10.6. The lowest BCUT2D eigenvalue weighted by molar-refractivity contribution is 0.112. The second-order valence-electron chi connectivity index (χ2n) is 4.02. The van der Waals surface area contributed by atoms with E-state index in [2.05, 4.69) is 4.98 Å². The molecule has 0 N–H and O–H groups in total. The number of hydrogen-bond donors (Lipinski definition) is 0. The highest BCUT2D eigenvalue weighted by atomic mass is 16.5. The lowest BCUT2D eigenvalue weighted by Gasteiger charge is -2.09. The van der Waals surface area contributed by atoms with E-state index in [4.69, 9.17) is 9.47 Å². The molecule has 0 fully saturated rings. The highest BCUT2D eigenvalue weighted by Gasteiger charge is 2.02. The minimum Gasteiger partial charge on any atom is -0.490 e. The van der Waals surface area contributed by atoms with Crippen LogP contribution in [0.3, 0.4) is 0 Å². The van der Waals surface area contributed by atoms with E-state index < -0.39 is 0 Å². The molecule has 0 aliphatic carbocycles. The minimum absolute atomic E-state index is 0.406. The molecular weight excluding hydrogens is 242 g/mol. The first-order chi connectivity index (χ1) is 9.29. The van der Waals surface area contributed by atoms with Crippen molar-refractivity contribution in [3.05, 3.63) is 53.7 Å². The zero-order chi connectivity index (χ0) is 13.5. The standard InChI is InChI=1S/C15H15NO3/c1-12-9-13(11-17)10-16-15(12)19-8-7-18-14-5-3-2-4-6-14/h2-6,9-11H,7-8H2,1H3. The molecule has 19 heavy (non-hydrogen) atoms. The Kier molecular flexibility index (Phi) is 4.50. The molecule has 2 rings (SSSR count). The van der Waals surface area contributed by atoms with Crippen molar-refractivity contribution >= 4 is 6.29 Å². The Morgan fingerprint density at radius 1 is 1.16 bits per heavy atom. The molecule has 0 bridgehead atoms. The van der Waals surface area contributed by atoms with Crippen LogP contribution in [0.2, 0.25) is 0 Å². The topological polar surface area (TPSA) is 48.4 Å². The number of carbonyl (C=O) groups excluding carboxylic acids is 1. The molecule has 1 aromatic carbocycles. The van der Waals surface area contributed by atoms with Gasteiger partial charge in [0.2, 0.25) is 5.88 Å². The van der Waals surface area contributed by atoms with Crippen LogP contribution in [0.15, 0.2) is 42.6 Å². The predicted molar refractivity (Wildman–Crippen MR) is 71.8 cm³/mol. The summed E-state index contributed by atoms with van der Waals surface area (Å²) in [5, 5.41) is 0. The highest BCUT2D eigenvalue weighted by molar-refractivity contribution is 5.74. The van der Waals surface area contributed by atoms with Gasteiger partial charge < -0.3 is 9.47 Å². The lowest BCUT2D eigenvalue weighted by Crippen LogP contribution is -2.10. The van der Waals surface area contributed by atoms with Gasteiger partial charge in [0.1, 0.15) is 19.0 Å². The number of nitrogens with zero attached hydrogens (tertiary/aromatic N) is 1. The quantitative estimate of drug-likeness (QED) is 0.589. The van der Waals surface area contributed by atoms with Gasteiger partial charge in [-0.1, -0.05) is 18.2 Å². The summed E-state index contributed by atoms with van der Waals surface area (Å²) >= 11 is 0. The Labute approximate surface area is 112 Å². The summed E-state index contributed by atoms with van der Waals surface area (Å²) in [5.41, 5.74) is 1.38. The average molecular weight is 257 g/mol. The van der Waals surface area contributed by atoms with Gasteiger partial charge in [0.15, 0.2) is 6.29 Å². The summed E-state index contributed by atoms with van der Waals surface area (Å²) in [6.07, 6.45) is 2.26. The van der Waals surface area contributed by atoms with Crippen LogP contribution >= 0.6 is 0 Å². The SMILES string of the molecule is Cc1cc(C=O)cnc1OCCOc1ccccc1. The molecule has 0 atom stereocenters. The van der Waals surface area contributed by atoms with Crippen molar-refractivity contribution in [3.8, 4) is 11.6 Å². The lowest BCUT2D eigenvalue weighted by atomic mass is 10.2. The fourth-order valence-electron chi connectivity index (χ4n) is 1.61. The number of aldehydes is 1. The third-order valence-electron chi connectivity index (χ3n) is 2.52. The van der Waals surface area contributed by atoms with Crippen molar-refractivity contribution < 1.29 is 14.3 Å². The Morgan fingerprint density at radius 3 is 2.58 bits per heavy atom. The first kappa shape index (κ1) is 13.1. The number of carbonyl (C=O) groups is 1. The molecule has 0 saturated carbocycles. The summed E-state index contributed by atoms with van der Waals surface area (Å²) in [5.74, 6) is 1.34. The highest BCUT2D eigenvalue weighted by Crippen LogP contribution is 2.14. The van der Waals surface area contributed by atoms with E-state index in [1.807, 2.05) is 37.3 Å². The molecule has 0 aliphatic rings. The molecule has 0 amide bonds. The number of ether oxygens (including phenoxy) is 2. The van der Waals surface area contributed by atoms with E-state index in [9.17, 15) is 4.79 Å². The maximum atomic E-state index is 10.6. The third kappa shape index (κ3) is 3.81. The van der Waals surface area contributed by atoms with E-state index in [0.29, 0.717) is 24.7 Å². The Morgan fingerprint density at radius 2 is 1.89 bits per heavy atom. The second kappa shape index (κ2) is 6.54. The number of rotatable bonds is 6. The van der Waals surface area contributed by atoms with Crippen LogP contribution in [0, 0.1) is 6.92 Å². The molecule has 0 aliphatic heterocycles. The predicted octanol–water partition coefficient (Wildman–Crippen LogP) is 2.66. The van der Waals surface area contributed by atoms with E-state index in [0.717, 1.165) is 17.6 Å². The minimum atomic E-state index is 0.406. The third-order valence-corrected chi connectivity index (χ3v) is 2.52. The first-order valence-corrected chi connectivity index (χ1v) is 6.02. The molecule has 0 radical (unpaired) electrons. The number of aromatic nitrogens is 1. The van der Waals surface area contributed by atoms with Crippen LogP contribution in [0.25, 0.3) is 0 Å². The average Bonchev–Trinajstić information content (AvgIpc) is 2.46. The fourth-order valence-corrected chi connectivity index (χ4v) is 1.61. The summed E-state index contributed by atoms with van der Waals surface area (Å²) in [4.78, 5) is 14.7. The van der Waals surface area contributed by atoms with Gasteiger partial charge in [-0.2, -0.15) is 0 Å². The van der Waals surface area contributed by atoms with Crippen LogP contribution in [0.4, 0.5) is 0 Å². The van der Waals surface area contributed by atoms with Gasteiger partial charge in [-0.25, -0.2) is 4.98 Å². The normalized spacial score (nSPS) is 9.95. The largest absolute Gasteiger partial charge is 0.490 e. The van der Waals surface area contributed by atoms with E-state index in [1.165, 1.54) is 6.20 Å². The molecule has 2 aromatic rings. The smallest absolute Gasteiger partial charge is 0.216 e. The molecule has 98 valence electrons. The van der Waals surface area contributed by atoms with Crippen molar-refractivity contribution in [3.63, 3.8) is 0 Å². The van der Waals surface area contributed by atoms with Crippen molar-refractivity contribution in [2.24, 2.45) is 0 Å². The van der Waals surface area contributed by atoms with Gasteiger partial charge >= 0.3 is 0 Å². The van der Waals surface area contributed by atoms with Crippen molar-refractivity contribution in [2.45, 2.75) is 6.92 Å². The van der Waals surface area contributed by atoms with Gasteiger partial charge in [0, 0.05) is 17.3 Å². The molecule has 1 heterocycles. The monoisotopic (exact) mass is 257 g/mol. The van der Waals surface area contributed by atoms with E-state index >= 15 is 0 Å². The molecule has 4 nitrogen and oxygen atoms in total. The van der Waals surface area contributed by atoms with Gasteiger partial charge in [0.05, 0.1) is 0 Å². The maximum Gasteiger partial charge on any atom is 0.216 e. The van der Waals surface area contributed by atoms with Crippen molar-refractivity contribution in [2.75, 3.05) is 13.2 Å². The molecular formula is C15H15NO3. The molecule has 0 spiro atoms. The zero-order valence-corrected chi connectivity index (χ0v) is 10.7. The number of pyridine rings is 1. The van der Waals surface area contributed by atoms with Crippen molar-refractivity contribution in [1.29, 1.82) is 0 Å². The number of para-hydroxylation sites is 1. The summed E-state index contributed by atoms with van der Waals surface area (Å²) < 4.78 is 11.0. The molecule has 4 heteroatoms. The Balaban J connectivity index is 1.81. The van der Waals surface area contributed by atoms with Gasteiger partial charge in [-0.15, -0.1) is 0 Å². The number of hydrogen-bond acceptors (Lipinski definition) is 4. The van der Waals surface area contributed by atoms with Crippen LogP contribution in [0.5, 0.6) is 11.6 Å². The van der Waals surface area contributed by atoms with Gasteiger partial charge in [0.25, 0.3) is 0 Å². The fraction of sp³-hybridized carbons (Fsp3) is 0.200. The van der Waals surface area contributed by atoms with E-state index in [1.54, 1.807) is 6.07 Å². The van der Waals surface area contributed by atoms with Crippen LogP contribution in [-0.2, 0) is 0 Å². The first-order valence-electron chi connectivity index (χ1n) is 6.02. The van der Waals surface area contributed by atoms with Crippen molar-refractivity contribution in [1.82, 2.24) is 4.98 Å². The Hall–Kier alpha value is -2.36. The van der Waals surface area contributed by atoms with E-state index in [-0.39, 0.29) is 0 Å². The van der Waals surface area contributed by atoms with Crippen LogP contribution in [0.1, 0.15) is 15.9 Å². The van der Waals surface area contributed by atoms with Crippen LogP contribution < -0.4 is 9.47 Å². The second-order valence-corrected chi connectivity index (χ2v) is 4.02. The summed E-state index contributed by atoms with van der Waals surface area (Å²) in [6, 6.07) is 11.3. The summed E-state index contributed by atoms with van der Waals surface area (Å²) in [7, 11) is 0. The van der Waals surface area contributed by atoms with Gasteiger partial charge in [-0.05, 0) is 25.1 Å². The number of aryl methyl sites for hydroxylation is 1. The Bertz CT molecular complexity index is 540. The zero-order valence-electron chi connectivity index (χ0n) is 10.7. The molecule has 0 saturated heterocycles. The van der Waals surface area contributed by atoms with Crippen LogP contribution in [-0.4, -0.2) is 24.5 Å². The van der Waals surface area contributed by atoms with Gasteiger partial charge in [-0.3, -0.25) is 4.79 Å².